The van der Waals surface area contributed by atoms with Crippen LogP contribution >= 0.6 is 11.3 Å². The Morgan fingerprint density at radius 1 is 1.05 bits per heavy atom. The normalized spacial score (nSPS) is 29.5. The van der Waals surface area contributed by atoms with Crippen molar-refractivity contribution in [2.45, 2.75) is 70.4 Å². The van der Waals surface area contributed by atoms with Crippen molar-refractivity contribution in [1.82, 2.24) is 10.3 Å². The van der Waals surface area contributed by atoms with E-state index in [2.05, 4.69) is 15.7 Å². The minimum atomic E-state index is 0.751. The van der Waals surface area contributed by atoms with Crippen molar-refractivity contribution in [3.63, 3.8) is 0 Å². The Balaban J connectivity index is 1.56. The highest BCUT2D eigenvalue weighted by Gasteiger charge is 2.32. The van der Waals surface area contributed by atoms with Gasteiger partial charge in [-0.1, -0.05) is 44.9 Å². The second kappa shape index (κ2) is 6.85. The van der Waals surface area contributed by atoms with E-state index in [9.17, 15) is 0 Å². The zero-order chi connectivity index (χ0) is 12.9. The van der Waals surface area contributed by atoms with Gasteiger partial charge < -0.3 is 5.32 Å². The molecule has 3 heteroatoms. The summed E-state index contributed by atoms with van der Waals surface area (Å²) in [7, 11) is 0. The predicted molar refractivity (Wildman–Crippen MR) is 81.3 cm³/mol. The van der Waals surface area contributed by atoms with Gasteiger partial charge in [0.2, 0.25) is 0 Å². The minimum Gasteiger partial charge on any atom is -0.307 e. The third-order valence-electron chi connectivity index (χ3n) is 5.07. The molecule has 1 heterocycles. The smallest absolute Gasteiger partial charge is 0.106 e. The molecule has 0 saturated heterocycles. The molecule has 0 aromatic carbocycles. The number of hydrogen-bond acceptors (Lipinski definition) is 3. The van der Waals surface area contributed by atoms with Gasteiger partial charge in [-0.3, -0.25) is 0 Å². The molecule has 3 rings (SSSR count). The maximum Gasteiger partial charge on any atom is 0.106 e. The zero-order valence-corrected chi connectivity index (χ0v) is 12.6. The Morgan fingerprint density at radius 3 is 2.63 bits per heavy atom. The van der Waals surface area contributed by atoms with Crippen molar-refractivity contribution in [2.24, 2.45) is 11.8 Å². The molecule has 0 radical (unpaired) electrons. The number of nitrogens with zero attached hydrogens (tertiary/aromatic N) is 1. The Morgan fingerprint density at radius 2 is 1.84 bits per heavy atom. The Bertz CT molecular complexity index is 357. The molecule has 2 unspecified atom stereocenters. The lowest BCUT2D eigenvalue weighted by molar-refractivity contribution is 0.149. The maximum atomic E-state index is 4.39. The second-order valence-electron chi connectivity index (χ2n) is 6.26. The van der Waals surface area contributed by atoms with Crippen LogP contribution in [0.1, 0.15) is 62.8 Å². The van der Waals surface area contributed by atoms with Gasteiger partial charge in [0.15, 0.2) is 0 Å². The van der Waals surface area contributed by atoms with E-state index in [1.54, 1.807) is 11.3 Å². The van der Waals surface area contributed by atoms with E-state index in [1.165, 1.54) is 62.8 Å². The quantitative estimate of drug-likeness (QED) is 0.884. The van der Waals surface area contributed by atoms with Gasteiger partial charge in [0, 0.05) is 24.2 Å². The van der Waals surface area contributed by atoms with Crippen LogP contribution in [0.25, 0.3) is 0 Å². The average Bonchev–Trinajstić information content (AvgIpc) is 3.00. The van der Waals surface area contributed by atoms with Gasteiger partial charge in [-0.05, 0) is 24.7 Å². The Hall–Kier alpha value is -0.410. The van der Waals surface area contributed by atoms with Crippen molar-refractivity contribution in [1.29, 1.82) is 0 Å². The van der Waals surface area contributed by atoms with E-state index in [1.807, 2.05) is 6.20 Å². The second-order valence-corrected chi connectivity index (χ2v) is 7.24. The summed E-state index contributed by atoms with van der Waals surface area (Å²) in [5, 5.41) is 7.14. The molecule has 0 amide bonds. The van der Waals surface area contributed by atoms with Crippen molar-refractivity contribution in [3.05, 3.63) is 16.6 Å². The lowest BCUT2D eigenvalue weighted by Crippen LogP contribution is -2.42. The van der Waals surface area contributed by atoms with Crippen molar-refractivity contribution in [3.8, 4) is 0 Å². The van der Waals surface area contributed by atoms with Crippen LogP contribution in [0.5, 0.6) is 0 Å². The first-order chi connectivity index (χ1) is 9.43. The summed E-state index contributed by atoms with van der Waals surface area (Å²) in [6.45, 7) is 0.978. The molecule has 19 heavy (non-hydrogen) atoms. The SMILES string of the molecule is c1csc(CNC2CCCCC2C2CCCCC2)n1. The van der Waals surface area contributed by atoms with Crippen LogP contribution in [0.15, 0.2) is 11.6 Å². The van der Waals surface area contributed by atoms with E-state index >= 15 is 0 Å². The van der Waals surface area contributed by atoms with Gasteiger partial charge in [0.25, 0.3) is 0 Å². The highest BCUT2D eigenvalue weighted by molar-refractivity contribution is 7.09. The molecular weight excluding hydrogens is 252 g/mol. The number of thiazole rings is 1. The minimum absolute atomic E-state index is 0.751. The molecule has 0 spiro atoms. The molecule has 2 aliphatic rings. The number of aromatic nitrogens is 1. The fourth-order valence-electron chi connectivity index (χ4n) is 4.10. The fourth-order valence-corrected chi connectivity index (χ4v) is 4.67. The van der Waals surface area contributed by atoms with Crippen LogP contribution in [0.3, 0.4) is 0 Å². The lowest BCUT2D eigenvalue weighted by atomic mass is 9.71. The lowest BCUT2D eigenvalue weighted by Gasteiger charge is -2.39. The first-order valence-electron chi connectivity index (χ1n) is 8.05. The van der Waals surface area contributed by atoms with Gasteiger partial charge in [-0.15, -0.1) is 11.3 Å². The van der Waals surface area contributed by atoms with Gasteiger partial charge in [-0.2, -0.15) is 0 Å². The van der Waals surface area contributed by atoms with Crippen LogP contribution in [0.4, 0.5) is 0 Å². The van der Waals surface area contributed by atoms with Crippen LogP contribution in [0.2, 0.25) is 0 Å². The van der Waals surface area contributed by atoms with E-state index < -0.39 is 0 Å². The van der Waals surface area contributed by atoms with Crippen molar-refractivity contribution >= 4 is 11.3 Å². The average molecular weight is 278 g/mol. The molecule has 2 fully saturated rings. The molecule has 2 nitrogen and oxygen atoms in total. The summed E-state index contributed by atoms with van der Waals surface area (Å²) in [6.07, 6.45) is 15.0. The fraction of sp³-hybridized carbons (Fsp3) is 0.812. The molecule has 106 valence electrons. The number of rotatable bonds is 4. The largest absolute Gasteiger partial charge is 0.307 e. The highest BCUT2D eigenvalue weighted by atomic mass is 32.1. The zero-order valence-electron chi connectivity index (χ0n) is 11.8. The number of hydrogen-bond donors (Lipinski definition) is 1. The molecule has 1 aromatic rings. The summed E-state index contributed by atoms with van der Waals surface area (Å²) in [5.74, 6) is 1.94. The summed E-state index contributed by atoms with van der Waals surface area (Å²) in [4.78, 5) is 4.39. The van der Waals surface area contributed by atoms with Crippen LogP contribution < -0.4 is 5.32 Å². The van der Waals surface area contributed by atoms with E-state index in [4.69, 9.17) is 0 Å². The van der Waals surface area contributed by atoms with Gasteiger partial charge in [0.1, 0.15) is 5.01 Å². The Kier molecular flexibility index (Phi) is 4.89. The molecule has 1 N–H and O–H groups in total. The summed E-state index contributed by atoms with van der Waals surface area (Å²) in [5.41, 5.74) is 0. The summed E-state index contributed by atoms with van der Waals surface area (Å²) >= 11 is 1.77. The number of nitrogens with one attached hydrogen (secondary N) is 1. The summed E-state index contributed by atoms with van der Waals surface area (Å²) in [6, 6.07) is 0.751. The molecule has 2 aliphatic carbocycles. The molecule has 2 saturated carbocycles. The first-order valence-corrected chi connectivity index (χ1v) is 8.93. The summed E-state index contributed by atoms with van der Waals surface area (Å²) < 4.78 is 0. The third-order valence-corrected chi connectivity index (χ3v) is 5.85. The Labute approximate surface area is 121 Å². The van der Waals surface area contributed by atoms with Crippen LogP contribution in [-0.2, 0) is 6.54 Å². The molecular formula is C16H26N2S. The molecule has 1 aromatic heterocycles. The first kappa shape index (κ1) is 13.6. The van der Waals surface area contributed by atoms with Crippen molar-refractivity contribution < 1.29 is 0 Å². The monoisotopic (exact) mass is 278 g/mol. The predicted octanol–water partition coefficient (Wildman–Crippen LogP) is 4.37. The van der Waals surface area contributed by atoms with Gasteiger partial charge >= 0.3 is 0 Å². The standard InChI is InChI=1S/C16H26N2S/c1-2-6-13(7-3-1)14-8-4-5-9-15(14)18-12-16-17-10-11-19-16/h10-11,13-15,18H,1-9,12H2. The molecule has 0 bridgehead atoms. The highest BCUT2D eigenvalue weighted by Crippen LogP contribution is 2.38. The van der Waals surface area contributed by atoms with Crippen LogP contribution in [0, 0.1) is 11.8 Å². The van der Waals surface area contributed by atoms with Crippen LogP contribution in [-0.4, -0.2) is 11.0 Å². The van der Waals surface area contributed by atoms with Gasteiger partial charge in [-0.25, -0.2) is 4.98 Å². The van der Waals surface area contributed by atoms with E-state index in [0.717, 1.165) is 24.4 Å². The van der Waals surface area contributed by atoms with E-state index in [-0.39, 0.29) is 0 Å². The van der Waals surface area contributed by atoms with E-state index in [0.29, 0.717) is 0 Å². The molecule has 0 aliphatic heterocycles. The molecule has 2 atom stereocenters. The van der Waals surface area contributed by atoms with Gasteiger partial charge in [0.05, 0.1) is 0 Å². The topological polar surface area (TPSA) is 24.9 Å². The maximum absolute atomic E-state index is 4.39. The third kappa shape index (κ3) is 3.57. The van der Waals surface area contributed by atoms with Crippen molar-refractivity contribution in [2.75, 3.05) is 0 Å².